The van der Waals surface area contributed by atoms with Crippen molar-refractivity contribution in [3.05, 3.63) is 35.4 Å². The van der Waals surface area contributed by atoms with Gasteiger partial charge >= 0.3 is 0 Å². The van der Waals surface area contributed by atoms with E-state index in [1.54, 1.807) is 0 Å². The molecule has 1 saturated heterocycles. The van der Waals surface area contributed by atoms with E-state index in [1.165, 1.54) is 25.9 Å². The Hall–Kier alpha value is -1.59. The monoisotopic (exact) mass is 276 g/mol. The van der Waals surface area contributed by atoms with Crippen LogP contribution in [-0.2, 0) is 6.54 Å². The van der Waals surface area contributed by atoms with Gasteiger partial charge in [0.2, 0.25) is 0 Å². The van der Waals surface area contributed by atoms with E-state index >= 15 is 0 Å². The molecule has 1 aromatic rings. The predicted molar refractivity (Wildman–Crippen MR) is 80.9 cm³/mol. The molecule has 20 heavy (non-hydrogen) atoms. The number of hydrogen-bond acceptors (Lipinski definition) is 4. The summed E-state index contributed by atoms with van der Waals surface area (Å²) in [6.45, 7) is 6.36. The molecule has 0 radical (unpaired) electrons. The molecule has 1 aliphatic rings. The van der Waals surface area contributed by atoms with E-state index < -0.39 is 0 Å². The average Bonchev–Trinajstić information content (AvgIpc) is 3.01. The van der Waals surface area contributed by atoms with Crippen molar-refractivity contribution in [3.8, 4) is 0 Å². The lowest BCUT2D eigenvalue weighted by atomic mass is 10.1. The summed E-state index contributed by atoms with van der Waals surface area (Å²) in [5, 5.41) is 15.4. The number of hydrogen-bond donors (Lipinski definition) is 3. The lowest BCUT2D eigenvalue weighted by Gasteiger charge is -2.24. The molecule has 2 rings (SSSR count). The fraction of sp³-hybridized carbons (Fsp3) is 0.533. The Morgan fingerprint density at radius 3 is 2.80 bits per heavy atom. The van der Waals surface area contributed by atoms with Crippen molar-refractivity contribution < 1.29 is 5.21 Å². The minimum absolute atomic E-state index is 0.162. The standard InChI is InChI=1S/C15H24N4O/c1-12(19-8-4-5-9-19)10-17-11-13-6-2-3-7-14(13)15(16)18-20/h2-3,6-7,12,17,20H,4-5,8-11H2,1H3,(H2,16,18). The molecule has 1 atom stereocenters. The molecule has 5 heteroatoms. The molecule has 0 saturated carbocycles. The third-order valence-corrected chi connectivity index (χ3v) is 3.92. The molecule has 1 heterocycles. The normalized spacial score (nSPS) is 18.4. The maximum Gasteiger partial charge on any atom is 0.170 e. The first-order valence-electron chi connectivity index (χ1n) is 7.23. The van der Waals surface area contributed by atoms with Crippen LogP contribution in [0.15, 0.2) is 29.4 Å². The van der Waals surface area contributed by atoms with E-state index in [2.05, 4.69) is 22.3 Å². The summed E-state index contributed by atoms with van der Waals surface area (Å²) in [6, 6.07) is 8.28. The van der Waals surface area contributed by atoms with Gasteiger partial charge in [-0.15, -0.1) is 0 Å². The molecule has 1 aliphatic heterocycles. The van der Waals surface area contributed by atoms with Crippen LogP contribution in [0.1, 0.15) is 30.9 Å². The number of oxime groups is 1. The van der Waals surface area contributed by atoms with Gasteiger partial charge in [0.05, 0.1) is 0 Å². The summed E-state index contributed by atoms with van der Waals surface area (Å²) in [6.07, 6.45) is 2.63. The van der Waals surface area contributed by atoms with Gasteiger partial charge in [0.1, 0.15) is 0 Å². The van der Waals surface area contributed by atoms with Crippen LogP contribution in [0.4, 0.5) is 0 Å². The molecular formula is C15H24N4O. The zero-order chi connectivity index (χ0) is 14.4. The lowest BCUT2D eigenvalue weighted by Crippen LogP contribution is -2.38. The van der Waals surface area contributed by atoms with E-state index in [-0.39, 0.29) is 5.84 Å². The average molecular weight is 276 g/mol. The third kappa shape index (κ3) is 3.71. The van der Waals surface area contributed by atoms with Crippen molar-refractivity contribution >= 4 is 5.84 Å². The van der Waals surface area contributed by atoms with Gasteiger partial charge in [-0.3, -0.25) is 4.90 Å². The highest BCUT2D eigenvalue weighted by atomic mass is 16.4. The maximum atomic E-state index is 8.81. The SMILES string of the molecule is CC(CNCc1ccccc1/C(N)=N/O)N1CCCC1. The highest BCUT2D eigenvalue weighted by Gasteiger charge is 2.17. The van der Waals surface area contributed by atoms with Gasteiger partial charge in [-0.25, -0.2) is 0 Å². The van der Waals surface area contributed by atoms with Crippen LogP contribution in [0.25, 0.3) is 0 Å². The van der Waals surface area contributed by atoms with E-state index in [0.29, 0.717) is 6.04 Å². The first-order chi connectivity index (χ1) is 9.72. The summed E-state index contributed by atoms with van der Waals surface area (Å²) in [7, 11) is 0. The number of nitrogens with one attached hydrogen (secondary N) is 1. The lowest BCUT2D eigenvalue weighted by molar-refractivity contribution is 0.251. The second-order valence-electron chi connectivity index (χ2n) is 5.37. The molecule has 1 fully saturated rings. The summed E-state index contributed by atoms with van der Waals surface area (Å²) in [4.78, 5) is 2.52. The Bertz CT molecular complexity index is 455. The minimum atomic E-state index is 0.162. The van der Waals surface area contributed by atoms with Gasteiger partial charge in [0.15, 0.2) is 5.84 Å². The van der Waals surface area contributed by atoms with Gasteiger partial charge in [-0.1, -0.05) is 29.4 Å². The second kappa shape index (κ2) is 7.26. The zero-order valence-electron chi connectivity index (χ0n) is 12.0. The first kappa shape index (κ1) is 14.8. The topological polar surface area (TPSA) is 73.9 Å². The number of amidine groups is 1. The van der Waals surface area contributed by atoms with Gasteiger partial charge in [0, 0.05) is 24.7 Å². The van der Waals surface area contributed by atoms with Crippen LogP contribution in [0.5, 0.6) is 0 Å². The van der Waals surface area contributed by atoms with Crippen molar-refractivity contribution in [2.45, 2.75) is 32.4 Å². The molecule has 4 N–H and O–H groups in total. The fourth-order valence-corrected chi connectivity index (χ4v) is 2.71. The molecule has 0 bridgehead atoms. The Morgan fingerprint density at radius 1 is 1.40 bits per heavy atom. The quantitative estimate of drug-likeness (QED) is 0.317. The minimum Gasteiger partial charge on any atom is -0.409 e. The highest BCUT2D eigenvalue weighted by molar-refractivity contribution is 5.98. The maximum absolute atomic E-state index is 8.81. The first-order valence-corrected chi connectivity index (χ1v) is 7.23. The van der Waals surface area contributed by atoms with E-state index in [1.807, 2.05) is 24.3 Å². The molecule has 0 aliphatic carbocycles. The summed E-state index contributed by atoms with van der Waals surface area (Å²) in [5.41, 5.74) is 7.53. The molecule has 110 valence electrons. The van der Waals surface area contributed by atoms with Crippen LogP contribution in [0, 0.1) is 0 Å². The number of likely N-dealkylation sites (tertiary alicyclic amines) is 1. The summed E-state index contributed by atoms with van der Waals surface area (Å²) < 4.78 is 0. The smallest absolute Gasteiger partial charge is 0.170 e. The van der Waals surface area contributed by atoms with Crippen molar-refractivity contribution in [2.24, 2.45) is 10.9 Å². The van der Waals surface area contributed by atoms with Crippen LogP contribution in [0.3, 0.4) is 0 Å². The number of nitrogens with two attached hydrogens (primary N) is 1. The Morgan fingerprint density at radius 2 is 2.10 bits per heavy atom. The van der Waals surface area contributed by atoms with Crippen molar-refractivity contribution in [1.82, 2.24) is 10.2 Å². The Kier molecular flexibility index (Phi) is 5.38. The molecule has 5 nitrogen and oxygen atoms in total. The summed E-state index contributed by atoms with van der Waals surface area (Å²) >= 11 is 0. The van der Waals surface area contributed by atoms with Crippen LogP contribution in [0.2, 0.25) is 0 Å². The van der Waals surface area contributed by atoms with Gasteiger partial charge in [-0.05, 0) is 38.4 Å². The van der Waals surface area contributed by atoms with Crippen LogP contribution >= 0.6 is 0 Å². The van der Waals surface area contributed by atoms with E-state index in [0.717, 1.165) is 24.2 Å². The van der Waals surface area contributed by atoms with Gasteiger partial charge in [0.25, 0.3) is 0 Å². The van der Waals surface area contributed by atoms with Gasteiger partial charge in [-0.2, -0.15) is 0 Å². The summed E-state index contributed by atoms with van der Waals surface area (Å²) in [5.74, 6) is 0.162. The Balaban J connectivity index is 1.87. The van der Waals surface area contributed by atoms with Crippen molar-refractivity contribution in [3.63, 3.8) is 0 Å². The van der Waals surface area contributed by atoms with Crippen LogP contribution < -0.4 is 11.1 Å². The molecule has 0 amide bonds. The predicted octanol–water partition coefficient (Wildman–Crippen LogP) is 1.36. The number of nitrogens with zero attached hydrogens (tertiary/aromatic N) is 2. The molecule has 1 unspecified atom stereocenters. The molecule has 0 aromatic heterocycles. The number of benzene rings is 1. The van der Waals surface area contributed by atoms with Crippen molar-refractivity contribution in [1.29, 1.82) is 0 Å². The largest absolute Gasteiger partial charge is 0.409 e. The molecule has 0 spiro atoms. The fourth-order valence-electron chi connectivity index (χ4n) is 2.71. The Labute approximate surface area is 120 Å². The molecular weight excluding hydrogens is 252 g/mol. The van der Waals surface area contributed by atoms with Gasteiger partial charge < -0.3 is 16.3 Å². The third-order valence-electron chi connectivity index (χ3n) is 3.92. The number of rotatable bonds is 6. The molecule has 1 aromatic carbocycles. The van der Waals surface area contributed by atoms with Crippen molar-refractivity contribution in [2.75, 3.05) is 19.6 Å². The van der Waals surface area contributed by atoms with E-state index in [4.69, 9.17) is 10.9 Å². The zero-order valence-corrected chi connectivity index (χ0v) is 12.0. The van der Waals surface area contributed by atoms with E-state index in [9.17, 15) is 0 Å². The second-order valence-corrected chi connectivity index (χ2v) is 5.37. The highest BCUT2D eigenvalue weighted by Crippen LogP contribution is 2.12. The van der Waals surface area contributed by atoms with Crippen LogP contribution in [-0.4, -0.2) is 41.6 Å².